The summed E-state index contributed by atoms with van der Waals surface area (Å²) in [6, 6.07) is 0. The summed E-state index contributed by atoms with van der Waals surface area (Å²) in [5.41, 5.74) is 1.18. The summed E-state index contributed by atoms with van der Waals surface area (Å²) in [5, 5.41) is 14.2. The van der Waals surface area contributed by atoms with Crippen molar-refractivity contribution >= 4 is 33.3 Å². The number of anilines is 1. The number of thiophene rings is 1. The Morgan fingerprint density at radius 3 is 2.94 bits per heavy atom. The third-order valence-corrected chi connectivity index (χ3v) is 4.14. The average Bonchev–Trinajstić information content (AvgIpc) is 2.99. The van der Waals surface area contributed by atoms with Gasteiger partial charge in [-0.2, -0.15) is 0 Å². The van der Waals surface area contributed by atoms with Crippen LogP contribution in [0.3, 0.4) is 0 Å². The Morgan fingerprint density at radius 2 is 2.29 bits per heavy atom. The van der Waals surface area contributed by atoms with Crippen molar-refractivity contribution in [2.75, 3.05) is 5.32 Å². The van der Waals surface area contributed by atoms with Gasteiger partial charge in [0.05, 0.1) is 10.2 Å². The molecule has 2 aromatic heterocycles. The van der Waals surface area contributed by atoms with E-state index in [1.54, 1.807) is 11.3 Å². The van der Waals surface area contributed by atoms with Crippen LogP contribution in [-0.4, -0.2) is 26.6 Å². The van der Waals surface area contributed by atoms with E-state index in [1.165, 1.54) is 6.33 Å². The molecular weight excluding hydrogens is 238 g/mol. The lowest BCUT2D eigenvalue weighted by Gasteiger charge is -2.13. The van der Waals surface area contributed by atoms with Crippen LogP contribution in [0.25, 0.3) is 10.2 Å². The number of carboxylic acid groups (broad SMARTS) is 1. The maximum absolute atomic E-state index is 11.1. The minimum Gasteiger partial charge on any atom is -0.480 e. The molecule has 6 heteroatoms. The molecule has 0 unspecified atom stereocenters. The number of carbonyl (C=O) groups is 1. The smallest absolute Gasteiger partial charge is 0.329 e. The quantitative estimate of drug-likeness (QED) is 0.870. The van der Waals surface area contributed by atoms with Crippen LogP contribution < -0.4 is 5.32 Å². The summed E-state index contributed by atoms with van der Waals surface area (Å²) in [4.78, 5) is 19.5. The highest BCUT2D eigenvalue weighted by molar-refractivity contribution is 7.18. The van der Waals surface area contributed by atoms with Crippen molar-refractivity contribution in [1.29, 1.82) is 0 Å². The Kier molecular flexibility index (Phi) is 2.09. The van der Waals surface area contributed by atoms with Gasteiger partial charge in [-0.3, -0.25) is 0 Å². The zero-order valence-electron chi connectivity index (χ0n) is 9.23. The molecule has 1 aliphatic carbocycles. The summed E-state index contributed by atoms with van der Waals surface area (Å²) in [6.45, 7) is 1.99. The van der Waals surface area contributed by atoms with Gasteiger partial charge in [-0.05, 0) is 30.7 Å². The number of hydrogen-bond acceptors (Lipinski definition) is 5. The Bertz CT molecular complexity index is 604. The zero-order valence-corrected chi connectivity index (χ0v) is 10.0. The highest BCUT2D eigenvalue weighted by Gasteiger charge is 2.51. The van der Waals surface area contributed by atoms with Crippen molar-refractivity contribution in [2.24, 2.45) is 0 Å². The van der Waals surface area contributed by atoms with Gasteiger partial charge in [-0.25, -0.2) is 14.8 Å². The first-order valence-corrected chi connectivity index (χ1v) is 6.21. The maximum Gasteiger partial charge on any atom is 0.329 e. The van der Waals surface area contributed by atoms with Gasteiger partial charge in [0, 0.05) is 0 Å². The van der Waals surface area contributed by atoms with E-state index in [-0.39, 0.29) is 0 Å². The van der Waals surface area contributed by atoms with E-state index < -0.39 is 11.5 Å². The predicted molar refractivity (Wildman–Crippen MR) is 65.4 cm³/mol. The SMILES string of the molecule is Cc1csc2c(NC3(C(=O)O)CC3)ncnc12. The number of nitrogens with zero attached hydrogens (tertiary/aromatic N) is 2. The summed E-state index contributed by atoms with van der Waals surface area (Å²) < 4.78 is 0.928. The van der Waals surface area contributed by atoms with Gasteiger partial charge in [0.15, 0.2) is 0 Å². The van der Waals surface area contributed by atoms with E-state index in [2.05, 4.69) is 15.3 Å². The molecule has 17 heavy (non-hydrogen) atoms. The molecule has 0 aliphatic heterocycles. The van der Waals surface area contributed by atoms with E-state index in [9.17, 15) is 4.79 Å². The van der Waals surface area contributed by atoms with E-state index in [0.717, 1.165) is 15.8 Å². The van der Waals surface area contributed by atoms with Crippen LogP contribution in [0.2, 0.25) is 0 Å². The van der Waals surface area contributed by atoms with Crippen molar-refractivity contribution in [3.05, 3.63) is 17.3 Å². The molecule has 88 valence electrons. The molecule has 5 nitrogen and oxygen atoms in total. The molecule has 2 heterocycles. The Morgan fingerprint density at radius 1 is 1.53 bits per heavy atom. The molecule has 2 aromatic rings. The summed E-state index contributed by atoms with van der Waals surface area (Å²) in [5.74, 6) is -0.175. The second kappa shape index (κ2) is 3.40. The predicted octanol–water partition coefficient (Wildman–Crippen LogP) is 2.03. The molecule has 3 rings (SSSR count). The van der Waals surface area contributed by atoms with Gasteiger partial charge in [0.1, 0.15) is 17.7 Å². The van der Waals surface area contributed by atoms with Crippen LogP contribution >= 0.6 is 11.3 Å². The van der Waals surface area contributed by atoms with Crippen molar-refractivity contribution < 1.29 is 9.90 Å². The van der Waals surface area contributed by atoms with Crippen molar-refractivity contribution in [3.63, 3.8) is 0 Å². The molecule has 1 aliphatic rings. The van der Waals surface area contributed by atoms with Crippen molar-refractivity contribution in [1.82, 2.24) is 9.97 Å². The fourth-order valence-electron chi connectivity index (χ4n) is 1.80. The molecule has 0 radical (unpaired) electrons. The van der Waals surface area contributed by atoms with E-state index in [1.807, 2.05) is 12.3 Å². The minimum atomic E-state index is -0.808. The minimum absolute atomic E-state index is 0.632. The Hall–Kier alpha value is -1.69. The molecule has 0 spiro atoms. The summed E-state index contributed by atoms with van der Waals surface area (Å²) in [7, 11) is 0. The monoisotopic (exact) mass is 249 g/mol. The molecule has 0 amide bonds. The van der Waals surface area contributed by atoms with Crippen molar-refractivity contribution in [2.45, 2.75) is 25.3 Å². The number of carboxylic acids is 1. The van der Waals surface area contributed by atoms with Gasteiger partial charge in [-0.15, -0.1) is 11.3 Å². The fourth-order valence-corrected chi connectivity index (χ4v) is 2.75. The molecule has 1 saturated carbocycles. The molecule has 0 atom stereocenters. The molecule has 0 aromatic carbocycles. The zero-order chi connectivity index (χ0) is 12.0. The second-order valence-electron chi connectivity index (χ2n) is 4.33. The number of nitrogens with one attached hydrogen (secondary N) is 1. The second-order valence-corrected chi connectivity index (χ2v) is 5.21. The first kappa shape index (κ1) is 10.5. The van der Waals surface area contributed by atoms with Crippen LogP contribution in [0.15, 0.2) is 11.7 Å². The summed E-state index contributed by atoms with van der Waals surface area (Å²) in [6.07, 6.45) is 2.78. The average molecular weight is 249 g/mol. The highest BCUT2D eigenvalue weighted by atomic mass is 32.1. The van der Waals surface area contributed by atoms with Crippen LogP contribution in [0.1, 0.15) is 18.4 Å². The van der Waals surface area contributed by atoms with Gasteiger partial charge >= 0.3 is 5.97 Å². The van der Waals surface area contributed by atoms with Crippen LogP contribution in [0.4, 0.5) is 5.82 Å². The molecule has 0 saturated heterocycles. The fraction of sp³-hybridized carbons (Fsp3) is 0.364. The van der Waals surface area contributed by atoms with Crippen LogP contribution in [0.5, 0.6) is 0 Å². The first-order chi connectivity index (χ1) is 8.12. The lowest BCUT2D eigenvalue weighted by Crippen LogP contribution is -2.31. The van der Waals surface area contributed by atoms with E-state index in [0.29, 0.717) is 18.7 Å². The third kappa shape index (κ3) is 1.56. The topological polar surface area (TPSA) is 75.1 Å². The largest absolute Gasteiger partial charge is 0.480 e. The number of aryl methyl sites for hydroxylation is 1. The lowest BCUT2D eigenvalue weighted by atomic mass is 10.2. The third-order valence-electron chi connectivity index (χ3n) is 3.05. The van der Waals surface area contributed by atoms with Crippen LogP contribution in [-0.2, 0) is 4.79 Å². The van der Waals surface area contributed by atoms with Crippen LogP contribution in [0, 0.1) is 6.92 Å². The number of aromatic nitrogens is 2. The number of hydrogen-bond donors (Lipinski definition) is 2. The number of rotatable bonds is 3. The van der Waals surface area contributed by atoms with E-state index in [4.69, 9.17) is 5.11 Å². The van der Waals surface area contributed by atoms with Gasteiger partial charge in [0.2, 0.25) is 0 Å². The molecular formula is C11H11N3O2S. The van der Waals surface area contributed by atoms with Gasteiger partial charge in [0.25, 0.3) is 0 Å². The Labute approximate surface area is 102 Å². The molecule has 2 N–H and O–H groups in total. The lowest BCUT2D eigenvalue weighted by molar-refractivity contribution is -0.138. The van der Waals surface area contributed by atoms with Gasteiger partial charge < -0.3 is 10.4 Å². The normalized spacial score (nSPS) is 17.0. The first-order valence-electron chi connectivity index (χ1n) is 5.33. The van der Waals surface area contributed by atoms with Crippen molar-refractivity contribution in [3.8, 4) is 0 Å². The molecule has 0 bridgehead atoms. The maximum atomic E-state index is 11.1. The van der Waals surface area contributed by atoms with E-state index >= 15 is 0 Å². The number of fused-ring (bicyclic) bond motifs is 1. The molecule has 1 fully saturated rings. The van der Waals surface area contributed by atoms with Gasteiger partial charge in [-0.1, -0.05) is 0 Å². The summed E-state index contributed by atoms with van der Waals surface area (Å²) >= 11 is 1.54. The number of aliphatic carboxylic acids is 1. The Balaban J connectivity index is 2.04. The highest BCUT2D eigenvalue weighted by Crippen LogP contribution is 2.40. The standard InChI is InChI=1S/C11H11N3O2S/c1-6-4-17-8-7(6)12-5-13-9(8)14-11(2-3-11)10(15)16/h4-5H,2-3H2,1H3,(H,15,16)(H,12,13,14).